The van der Waals surface area contributed by atoms with Crippen molar-refractivity contribution in [3.05, 3.63) is 28.2 Å². The molecule has 0 bridgehead atoms. The summed E-state index contributed by atoms with van der Waals surface area (Å²) in [7, 11) is 1.41. The summed E-state index contributed by atoms with van der Waals surface area (Å²) in [6, 6.07) is 4.44. The summed E-state index contributed by atoms with van der Waals surface area (Å²) in [5, 5.41) is 11.3. The summed E-state index contributed by atoms with van der Waals surface area (Å²) >= 11 is 3.16. The Balaban J connectivity index is 2.88. The molecule has 0 saturated heterocycles. The van der Waals surface area contributed by atoms with Gasteiger partial charge in [0.15, 0.2) is 0 Å². The van der Waals surface area contributed by atoms with Crippen LogP contribution < -0.4 is 5.32 Å². The Morgan fingerprint density at radius 3 is 2.69 bits per heavy atom. The minimum atomic E-state index is -1.05. The zero-order valence-corrected chi connectivity index (χ0v) is 10.1. The molecule has 0 aliphatic carbocycles. The highest BCUT2D eigenvalue weighted by atomic mass is 79.9. The van der Waals surface area contributed by atoms with E-state index in [0.29, 0.717) is 10.2 Å². The van der Waals surface area contributed by atoms with Crippen LogP contribution in [0.15, 0.2) is 22.7 Å². The van der Waals surface area contributed by atoms with Gasteiger partial charge in [-0.1, -0.05) is 15.9 Å². The highest BCUT2D eigenvalue weighted by Crippen LogP contribution is 2.19. The summed E-state index contributed by atoms with van der Waals surface area (Å²) in [4.78, 5) is 22.0. The number of benzene rings is 1. The quantitative estimate of drug-likeness (QED) is 0.884. The summed E-state index contributed by atoms with van der Waals surface area (Å²) < 4.78 is 5.23. The number of aromatic carboxylic acids is 1. The van der Waals surface area contributed by atoms with Crippen LogP contribution in [0.25, 0.3) is 0 Å². The van der Waals surface area contributed by atoms with Crippen molar-refractivity contribution in [2.75, 3.05) is 19.0 Å². The van der Waals surface area contributed by atoms with Crippen LogP contribution in [0, 0.1) is 0 Å². The van der Waals surface area contributed by atoms with Crippen molar-refractivity contribution in [3.8, 4) is 0 Å². The van der Waals surface area contributed by atoms with Gasteiger partial charge >= 0.3 is 5.97 Å². The first-order valence-corrected chi connectivity index (χ1v) is 5.15. The lowest BCUT2D eigenvalue weighted by Crippen LogP contribution is -2.17. The molecule has 0 heterocycles. The van der Waals surface area contributed by atoms with Gasteiger partial charge in [-0.15, -0.1) is 0 Å². The third kappa shape index (κ3) is 3.63. The highest BCUT2D eigenvalue weighted by molar-refractivity contribution is 9.10. The van der Waals surface area contributed by atoms with E-state index in [9.17, 15) is 9.59 Å². The number of methoxy groups -OCH3 is 1. The molecule has 0 radical (unpaired) electrons. The number of hydrogen-bond donors (Lipinski definition) is 2. The predicted octanol–water partition coefficient (Wildman–Crippen LogP) is 1.73. The van der Waals surface area contributed by atoms with Gasteiger partial charge < -0.3 is 15.2 Å². The van der Waals surface area contributed by atoms with E-state index in [4.69, 9.17) is 5.11 Å². The number of hydrogen-bond acceptors (Lipinski definition) is 3. The average molecular weight is 288 g/mol. The van der Waals surface area contributed by atoms with Crippen molar-refractivity contribution < 1.29 is 19.4 Å². The number of rotatable bonds is 4. The van der Waals surface area contributed by atoms with Crippen LogP contribution in [0.3, 0.4) is 0 Å². The molecule has 1 rings (SSSR count). The van der Waals surface area contributed by atoms with E-state index in [1.54, 1.807) is 6.07 Å². The minimum Gasteiger partial charge on any atom is -0.478 e. The molecule has 0 spiro atoms. The number of carbonyl (C=O) groups is 2. The molecule has 6 heteroatoms. The van der Waals surface area contributed by atoms with E-state index < -0.39 is 5.97 Å². The number of amides is 1. The lowest BCUT2D eigenvalue weighted by molar-refractivity contribution is -0.119. The summed E-state index contributed by atoms with van der Waals surface area (Å²) in [6.45, 7) is -0.0745. The Bertz CT molecular complexity index is 419. The van der Waals surface area contributed by atoms with Crippen molar-refractivity contribution in [2.45, 2.75) is 0 Å². The molecule has 0 aliphatic heterocycles. The highest BCUT2D eigenvalue weighted by Gasteiger charge is 2.08. The molecule has 0 aliphatic rings. The van der Waals surface area contributed by atoms with Gasteiger partial charge in [-0.05, 0) is 18.2 Å². The van der Waals surface area contributed by atoms with Crippen LogP contribution in [0.1, 0.15) is 10.4 Å². The number of carboxylic acid groups (broad SMARTS) is 1. The van der Waals surface area contributed by atoms with Gasteiger partial charge in [0.1, 0.15) is 6.61 Å². The topological polar surface area (TPSA) is 75.6 Å². The first-order valence-electron chi connectivity index (χ1n) is 4.35. The third-order valence-electron chi connectivity index (χ3n) is 1.70. The molecule has 1 amide bonds. The molecule has 86 valence electrons. The van der Waals surface area contributed by atoms with Gasteiger partial charge in [0.25, 0.3) is 0 Å². The van der Waals surface area contributed by atoms with Gasteiger partial charge in [-0.2, -0.15) is 0 Å². The second kappa shape index (κ2) is 5.62. The fourth-order valence-corrected chi connectivity index (χ4v) is 1.61. The minimum absolute atomic E-state index is 0.0745. The largest absolute Gasteiger partial charge is 0.478 e. The molecule has 5 nitrogen and oxygen atoms in total. The number of carbonyl (C=O) groups excluding carboxylic acids is 1. The van der Waals surface area contributed by atoms with Crippen LogP contribution >= 0.6 is 15.9 Å². The van der Waals surface area contributed by atoms with E-state index in [1.807, 2.05) is 0 Å². The zero-order valence-electron chi connectivity index (χ0n) is 8.49. The van der Waals surface area contributed by atoms with Crippen LogP contribution in [-0.2, 0) is 9.53 Å². The molecule has 0 fully saturated rings. The van der Waals surface area contributed by atoms with Gasteiger partial charge in [0, 0.05) is 17.3 Å². The van der Waals surface area contributed by atoms with Crippen LogP contribution in [-0.4, -0.2) is 30.7 Å². The number of halogens is 1. The maximum Gasteiger partial charge on any atom is 0.335 e. The summed E-state index contributed by atoms with van der Waals surface area (Å²) in [5.74, 6) is -1.39. The maximum absolute atomic E-state index is 11.2. The van der Waals surface area contributed by atoms with Gasteiger partial charge in [-0.25, -0.2) is 4.79 Å². The fourth-order valence-electron chi connectivity index (χ4n) is 1.11. The first-order chi connectivity index (χ1) is 7.52. The zero-order chi connectivity index (χ0) is 12.1. The fraction of sp³-hybridized carbons (Fsp3) is 0.200. The van der Waals surface area contributed by atoms with E-state index in [-0.39, 0.29) is 18.1 Å². The Kier molecular flexibility index (Phi) is 4.45. The normalized spacial score (nSPS) is 9.88. The second-order valence-corrected chi connectivity index (χ2v) is 3.93. The molecule has 0 unspecified atom stereocenters. The van der Waals surface area contributed by atoms with Crippen LogP contribution in [0.2, 0.25) is 0 Å². The number of nitrogens with one attached hydrogen (secondary N) is 1. The molecular weight excluding hydrogens is 278 g/mol. The van der Waals surface area contributed by atoms with Crippen molar-refractivity contribution in [2.24, 2.45) is 0 Å². The van der Waals surface area contributed by atoms with Gasteiger partial charge in [0.05, 0.1) is 5.56 Å². The Morgan fingerprint density at radius 2 is 2.12 bits per heavy atom. The smallest absolute Gasteiger partial charge is 0.335 e. The lowest BCUT2D eigenvalue weighted by atomic mass is 10.2. The molecule has 1 aromatic rings. The summed E-state index contributed by atoms with van der Waals surface area (Å²) in [6.07, 6.45) is 0. The van der Waals surface area contributed by atoms with E-state index >= 15 is 0 Å². The van der Waals surface area contributed by atoms with Crippen molar-refractivity contribution >= 4 is 33.5 Å². The molecule has 0 aromatic heterocycles. The number of carboxylic acids is 1. The monoisotopic (exact) mass is 287 g/mol. The predicted molar refractivity (Wildman–Crippen MR) is 61.6 cm³/mol. The number of ether oxygens (including phenoxy) is 1. The van der Waals surface area contributed by atoms with Crippen LogP contribution in [0.4, 0.5) is 5.69 Å². The molecule has 0 saturated carbocycles. The summed E-state index contributed by atoms with van der Waals surface area (Å²) in [5.41, 5.74) is 0.510. The lowest BCUT2D eigenvalue weighted by Gasteiger charge is -2.06. The average Bonchev–Trinajstić information content (AvgIpc) is 2.16. The van der Waals surface area contributed by atoms with Crippen molar-refractivity contribution in [1.29, 1.82) is 0 Å². The molecule has 2 N–H and O–H groups in total. The van der Waals surface area contributed by atoms with Gasteiger partial charge in [-0.3, -0.25) is 4.79 Å². The van der Waals surface area contributed by atoms with Crippen LogP contribution in [0.5, 0.6) is 0 Å². The van der Waals surface area contributed by atoms with E-state index in [0.717, 1.165) is 0 Å². The third-order valence-corrected chi connectivity index (χ3v) is 2.16. The standard InChI is InChI=1S/C10H10BrNO4/c1-16-5-9(13)12-8-3-6(10(14)15)2-7(11)4-8/h2-4H,5H2,1H3,(H,12,13)(H,14,15). The Morgan fingerprint density at radius 1 is 1.44 bits per heavy atom. The molecule has 1 aromatic carbocycles. The van der Waals surface area contributed by atoms with E-state index in [2.05, 4.69) is 26.0 Å². The Labute approximate surface area is 101 Å². The molecule has 16 heavy (non-hydrogen) atoms. The number of anilines is 1. The maximum atomic E-state index is 11.2. The first kappa shape index (κ1) is 12.7. The molecular formula is C10H10BrNO4. The van der Waals surface area contributed by atoms with E-state index in [1.165, 1.54) is 19.2 Å². The van der Waals surface area contributed by atoms with Gasteiger partial charge in [0.2, 0.25) is 5.91 Å². The van der Waals surface area contributed by atoms with Crippen molar-refractivity contribution in [1.82, 2.24) is 0 Å². The molecule has 0 atom stereocenters. The second-order valence-electron chi connectivity index (χ2n) is 3.01. The SMILES string of the molecule is COCC(=O)Nc1cc(Br)cc(C(=O)O)c1. The van der Waals surface area contributed by atoms with Crippen molar-refractivity contribution in [3.63, 3.8) is 0 Å². The Hall–Kier alpha value is -1.40.